The minimum Gasteiger partial charge on any atom is -0.443 e. The van der Waals surface area contributed by atoms with E-state index in [0.29, 0.717) is 6.54 Å². The van der Waals surface area contributed by atoms with Crippen LogP contribution in [0.25, 0.3) is 0 Å². The van der Waals surface area contributed by atoms with Crippen LogP contribution in [0.2, 0.25) is 0 Å². The number of carbonyl (C=O) groups is 1. The van der Waals surface area contributed by atoms with Crippen LogP contribution in [0.15, 0.2) is 4.52 Å². The van der Waals surface area contributed by atoms with Crippen molar-refractivity contribution in [3.8, 4) is 0 Å². The van der Waals surface area contributed by atoms with Crippen LogP contribution in [0, 0.1) is 13.8 Å². The van der Waals surface area contributed by atoms with Crippen LogP contribution in [0.5, 0.6) is 0 Å². The molecule has 0 fully saturated rings. The Labute approximate surface area is 101 Å². The highest BCUT2D eigenvalue weighted by Gasteiger charge is 2.16. The van der Waals surface area contributed by atoms with Crippen molar-refractivity contribution < 1.29 is 14.1 Å². The molecule has 0 unspecified atom stereocenters. The Kier molecular flexibility index (Phi) is 4.11. The van der Waals surface area contributed by atoms with Crippen LogP contribution in [0.1, 0.15) is 37.8 Å². The summed E-state index contributed by atoms with van der Waals surface area (Å²) in [4.78, 5) is 11.3. The van der Waals surface area contributed by atoms with E-state index in [-0.39, 0.29) is 0 Å². The first-order valence-electron chi connectivity index (χ1n) is 5.43. The zero-order valence-corrected chi connectivity index (χ0v) is 10.9. The predicted octanol–water partition coefficient (Wildman–Crippen LogP) is 1.82. The van der Waals surface area contributed by atoms with Crippen molar-refractivity contribution in [2.75, 3.05) is 0 Å². The fraction of sp³-hybridized carbons (Fsp3) is 0.636. The van der Waals surface area contributed by atoms with Crippen LogP contribution in [0.3, 0.4) is 0 Å². The first-order chi connectivity index (χ1) is 7.79. The molecule has 0 atom stereocenters. The number of rotatable bonds is 3. The Morgan fingerprint density at radius 3 is 2.53 bits per heavy atom. The zero-order chi connectivity index (χ0) is 13.1. The summed E-state index contributed by atoms with van der Waals surface area (Å²) >= 11 is 0. The Balaban J connectivity index is 2.36. The van der Waals surface area contributed by atoms with Gasteiger partial charge in [0.2, 0.25) is 0 Å². The fourth-order valence-corrected chi connectivity index (χ4v) is 1.26. The van der Waals surface area contributed by atoms with Crippen molar-refractivity contribution in [1.82, 2.24) is 16.0 Å². The fourth-order valence-electron chi connectivity index (χ4n) is 1.26. The molecule has 96 valence electrons. The summed E-state index contributed by atoms with van der Waals surface area (Å²) in [6, 6.07) is 0. The molecule has 1 amide bonds. The highest BCUT2D eigenvalue weighted by molar-refractivity contribution is 5.66. The van der Waals surface area contributed by atoms with Crippen LogP contribution >= 0.6 is 0 Å². The lowest BCUT2D eigenvalue weighted by molar-refractivity contribution is 0.0497. The third-order valence-electron chi connectivity index (χ3n) is 2.04. The Morgan fingerprint density at radius 1 is 1.41 bits per heavy atom. The maximum Gasteiger partial charge on any atom is 0.422 e. The van der Waals surface area contributed by atoms with E-state index in [0.717, 1.165) is 17.0 Å². The van der Waals surface area contributed by atoms with Crippen LogP contribution in [-0.4, -0.2) is 16.9 Å². The molecule has 1 aromatic heterocycles. The van der Waals surface area contributed by atoms with Crippen molar-refractivity contribution in [2.24, 2.45) is 0 Å². The lowest BCUT2D eigenvalue weighted by Crippen LogP contribution is -2.40. The number of hydrogen-bond donors (Lipinski definition) is 2. The normalized spacial score (nSPS) is 11.4. The van der Waals surface area contributed by atoms with Gasteiger partial charge in [0.1, 0.15) is 11.4 Å². The van der Waals surface area contributed by atoms with E-state index in [1.807, 2.05) is 13.8 Å². The number of aryl methyl sites for hydroxylation is 2. The summed E-state index contributed by atoms with van der Waals surface area (Å²) < 4.78 is 10.1. The van der Waals surface area contributed by atoms with Crippen molar-refractivity contribution in [1.29, 1.82) is 0 Å². The van der Waals surface area contributed by atoms with Gasteiger partial charge in [-0.25, -0.2) is 10.2 Å². The molecule has 0 saturated heterocycles. The third-order valence-corrected chi connectivity index (χ3v) is 2.04. The summed E-state index contributed by atoms with van der Waals surface area (Å²) in [5.74, 6) is 0.737. The van der Waals surface area contributed by atoms with Crippen LogP contribution in [-0.2, 0) is 11.3 Å². The molecule has 0 radical (unpaired) electrons. The van der Waals surface area contributed by atoms with E-state index in [1.165, 1.54) is 0 Å². The van der Waals surface area contributed by atoms with Gasteiger partial charge in [0.05, 0.1) is 5.69 Å². The molecule has 0 aliphatic carbocycles. The van der Waals surface area contributed by atoms with E-state index >= 15 is 0 Å². The molecule has 1 heterocycles. The smallest absolute Gasteiger partial charge is 0.422 e. The summed E-state index contributed by atoms with van der Waals surface area (Å²) in [7, 11) is 0. The summed E-state index contributed by atoms with van der Waals surface area (Å²) in [5.41, 5.74) is 6.45. The van der Waals surface area contributed by atoms with Crippen LogP contribution in [0.4, 0.5) is 4.79 Å². The number of carbonyl (C=O) groups excluding carboxylic acids is 1. The highest BCUT2D eigenvalue weighted by atomic mass is 16.6. The van der Waals surface area contributed by atoms with Crippen LogP contribution < -0.4 is 10.9 Å². The monoisotopic (exact) mass is 241 g/mol. The number of hydrogen-bond acceptors (Lipinski definition) is 5. The minimum absolute atomic E-state index is 0.445. The van der Waals surface area contributed by atoms with Crippen molar-refractivity contribution >= 4 is 6.09 Å². The molecule has 6 nitrogen and oxygen atoms in total. The van der Waals surface area contributed by atoms with Crippen molar-refractivity contribution in [2.45, 2.75) is 46.8 Å². The number of hydrazine groups is 1. The van der Waals surface area contributed by atoms with Gasteiger partial charge < -0.3 is 9.26 Å². The molecule has 6 heteroatoms. The van der Waals surface area contributed by atoms with Gasteiger partial charge in [-0.2, -0.15) is 0 Å². The zero-order valence-electron chi connectivity index (χ0n) is 10.9. The molecule has 0 bridgehead atoms. The number of ether oxygens (including phenoxy) is 1. The molecule has 0 aromatic carbocycles. The largest absolute Gasteiger partial charge is 0.443 e. The second-order valence-corrected chi connectivity index (χ2v) is 4.78. The highest BCUT2D eigenvalue weighted by Crippen LogP contribution is 2.11. The minimum atomic E-state index is -0.510. The third kappa shape index (κ3) is 4.44. The van der Waals surface area contributed by atoms with Gasteiger partial charge in [-0.1, -0.05) is 5.16 Å². The van der Waals surface area contributed by atoms with Gasteiger partial charge in [-0.3, -0.25) is 5.43 Å². The molecular weight excluding hydrogens is 222 g/mol. The van der Waals surface area contributed by atoms with Gasteiger partial charge in [0.25, 0.3) is 0 Å². The van der Waals surface area contributed by atoms with Gasteiger partial charge in [-0.15, -0.1) is 0 Å². The SMILES string of the molecule is Cc1noc(C)c1CNNC(=O)OC(C)(C)C. The van der Waals surface area contributed by atoms with E-state index in [4.69, 9.17) is 9.26 Å². The second kappa shape index (κ2) is 5.18. The average molecular weight is 241 g/mol. The van der Waals surface area contributed by atoms with Gasteiger partial charge in [0, 0.05) is 12.1 Å². The molecule has 1 rings (SSSR count). The molecular formula is C11H19N3O3. The van der Waals surface area contributed by atoms with E-state index in [9.17, 15) is 4.79 Å². The maximum atomic E-state index is 11.3. The molecule has 0 aliphatic heterocycles. The predicted molar refractivity (Wildman–Crippen MR) is 62.2 cm³/mol. The first-order valence-corrected chi connectivity index (χ1v) is 5.43. The summed E-state index contributed by atoms with van der Waals surface area (Å²) in [6.45, 7) is 9.54. The average Bonchev–Trinajstić information content (AvgIpc) is 2.46. The lowest BCUT2D eigenvalue weighted by Gasteiger charge is -2.19. The molecule has 17 heavy (non-hydrogen) atoms. The second-order valence-electron chi connectivity index (χ2n) is 4.78. The van der Waals surface area contributed by atoms with E-state index < -0.39 is 11.7 Å². The molecule has 2 N–H and O–H groups in total. The summed E-state index contributed by atoms with van der Waals surface area (Å²) in [6.07, 6.45) is -0.510. The Morgan fingerprint density at radius 2 is 2.06 bits per heavy atom. The molecule has 1 aromatic rings. The molecule has 0 saturated carbocycles. The lowest BCUT2D eigenvalue weighted by atomic mass is 10.2. The van der Waals surface area contributed by atoms with E-state index in [2.05, 4.69) is 16.0 Å². The number of amides is 1. The maximum absolute atomic E-state index is 11.3. The Hall–Kier alpha value is -1.56. The van der Waals surface area contributed by atoms with E-state index in [1.54, 1.807) is 20.8 Å². The number of aromatic nitrogens is 1. The number of nitrogens with zero attached hydrogens (tertiary/aromatic N) is 1. The quantitative estimate of drug-likeness (QED) is 0.789. The van der Waals surface area contributed by atoms with Gasteiger partial charge in [-0.05, 0) is 34.6 Å². The van der Waals surface area contributed by atoms with Crippen molar-refractivity contribution in [3.63, 3.8) is 0 Å². The summed E-state index contributed by atoms with van der Waals surface area (Å²) in [5, 5.41) is 3.81. The van der Waals surface area contributed by atoms with Gasteiger partial charge >= 0.3 is 6.09 Å². The van der Waals surface area contributed by atoms with Crippen molar-refractivity contribution in [3.05, 3.63) is 17.0 Å². The topological polar surface area (TPSA) is 76.4 Å². The molecule has 0 aliphatic rings. The standard InChI is InChI=1S/C11H19N3O3/c1-7-9(8(2)17-14-7)6-12-13-10(15)16-11(3,4)5/h12H,6H2,1-5H3,(H,13,15). The number of nitrogens with one attached hydrogen (secondary N) is 2. The Bertz CT molecular complexity index is 374. The molecule has 0 spiro atoms. The first kappa shape index (κ1) is 13.5. The van der Waals surface area contributed by atoms with Gasteiger partial charge in [0.15, 0.2) is 0 Å².